The second-order valence-electron chi connectivity index (χ2n) is 10.4. The van der Waals surface area contributed by atoms with Crippen molar-refractivity contribution in [1.82, 2.24) is 14.1 Å². The van der Waals surface area contributed by atoms with E-state index in [2.05, 4.69) is 11.2 Å². The van der Waals surface area contributed by atoms with Crippen LogP contribution in [0.4, 0.5) is 14.5 Å². The highest BCUT2D eigenvalue weighted by molar-refractivity contribution is 7.89. The fraction of sp³-hybridized carbons (Fsp3) is 0.393. The molecule has 0 bridgehead atoms. The van der Waals surface area contributed by atoms with Crippen LogP contribution in [0.5, 0.6) is 0 Å². The van der Waals surface area contributed by atoms with Crippen molar-refractivity contribution >= 4 is 21.8 Å². The van der Waals surface area contributed by atoms with Crippen LogP contribution >= 0.6 is 0 Å². The van der Waals surface area contributed by atoms with Crippen LogP contribution in [-0.2, 0) is 21.2 Å². The van der Waals surface area contributed by atoms with Crippen LogP contribution in [0, 0.1) is 11.2 Å². The lowest BCUT2D eigenvalue weighted by atomic mass is 9.69. The number of sulfonamides is 1. The summed E-state index contributed by atoms with van der Waals surface area (Å²) in [6.07, 6.45) is 4.61. The van der Waals surface area contributed by atoms with E-state index in [9.17, 15) is 17.2 Å². The smallest absolute Gasteiger partial charge is 0.243 e. The van der Waals surface area contributed by atoms with Crippen LogP contribution in [-0.4, -0.2) is 68.6 Å². The van der Waals surface area contributed by atoms with Gasteiger partial charge in [-0.25, -0.2) is 21.9 Å². The second kappa shape index (κ2) is 9.59. The van der Waals surface area contributed by atoms with E-state index in [0.717, 1.165) is 28.2 Å². The fourth-order valence-electron chi connectivity index (χ4n) is 6.04. The predicted octanol–water partition coefficient (Wildman–Crippen LogP) is 4.23. The number of methoxy groups -OCH3 is 1. The fourth-order valence-corrected chi connectivity index (χ4v) is 7.60. The Morgan fingerprint density at radius 3 is 2.68 bits per heavy atom. The Morgan fingerprint density at radius 2 is 1.95 bits per heavy atom. The Bertz CT molecular complexity index is 1490. The molecule has 2 fully saturated rings. The number of fused-ring (bicyclic) bond motifs is 2. The number of rotatable bonds is 6. The quantitative estimate of drug-likeness (QED) is 0.468. The van der Waals surface area contributed by atoms with Gasteiger partial charge in [-0.05, 0) is 73.4 Å². The van der Waals surface area contributed by atoms with Crippen molar-refractivity contribution < 1.29 is 21.9 Å². The molecule has 7 nitrogen and oxygen atoms in total. The number of aromatic nitrogens is 2. The molecule has 0 radical (unpaired) electrons. The number of halogens is 2. The highest BCUT2D eigenvalue weighted by atomic mass is 32.2. The minimum absolute atomic E-state index is 0.220. The number of anilines is 1. The van der Waals surface area contributed by atoms with E-state index in [0.29, 0.717) is 39.0 Å². The summed E-state index contributed by atoms with van der Waals surface area (Å²) in [6.45, 7) is 1.87. The van der Waals surface area contributed by atoms with Crippen molar-refractivity contribution in [3.8, 4) is 5.69 Å². The van der Waals surface area contributed by atoms with E-state index < -0.39 is 21.6 Å². The zero-order chi connectivity index (χ0) is 26.5. The molecule has 6 rings (SSSR count). The minimum Gasteiger partial charge on any atom is -0.384 e. The van der Waals surface area contributed by atoms with Gasteiger partial charge in [0.2, 0.25) is 10.0 Å². The summed E-state index contributed by atoms with van der Waals surface area (Å²) in [5.74, 6) is -0.307. The van der Waals surface area contributed by atoms with Gasteiger partial charge in [0, 0.05) is 44.4 Å². The first-order valence-electron chi connectivity index (χ1n) is 12.8. The van der Waals surface area contributed by atoms with Crippen molar-refractivity contribution in [2.75, 3.05) is 44.8 Å². The molecule has 1 aliphatic carbocycles. The summed E-state index contributed by atoms with van der Waals surface area (Å²) >= 11 is 0. The largest absolute Gasteiger partial charge is 0.384 e. The highest BCUT2D eigenvalue weighted by Crippen LogP contribution is 2.45. The molecule has 0 amide bonds. The van der Waals surface area contributed by atoms with Gasteiger partial charge in [-0.2, -0.15) is 9.40 Å². The first-order chi connectivity index (χ1) is 18.3. The van der Waals surface area contributed by atoms with E-state index in [1.807, 2.05) is 11.0 Å². The third-order valence-electron chi connectivity index (χ3n) is 7.96. The number of piperidine rings is 1. The SMILES string of the molecule is COC[C@]12Cc3cnn(-c4ccc(F)cc4)c3C=C1CCN(S(=O)(=O)c1cccc(N3CC[C@H](F)C3)c1)C2. The van der Waals surface area contributed by atoms with E-state index >= 15 is 0 Å². The zero-order valence-electron chi connectivity index (χ0n) is 21.2. The molecule has 3 heterocycles. The van der Waals surface area contributed by atoms with E-state index in [1.54, 1.807) is 52.6 Å². The number of benzene rings is 2. The first-order valence-corrected chi connectivity index (χ1v) is 14.3. The molecule has 2 aromatic carbocycles. The van der Waals surface area contributed by atoms with Gasteiger partial charge in [-0.1, -0.05) is 11.6 Å². The van der Waals surface area contributed by atoms with Crippen molar-refractivity contribution in [2.24, 2.45) is 5.41 Å². The molecule has 0 unspecified atom stereocenters. The molecule has 0 saturated carbocycles. The molecule has 0 spiro atoms. The summed E-state index contributed by atoms with van der Waals surface area (Å²) in [6, 6.07) is 13.0. The topological polar surface area (TPSA) is 67.7 Å². The lowest BCUT2D eigenvalue weighted by Gasteiger charge is -2.45. The van der Waals surface area contributed by atoms with Gasteiger partial charge in [0.05, 0.1) is 29.1 Å². The van der Waals surface area contributed by atoms with Gasteiger partial charge in [0.25, 0.3) is 0 Å². The minimum atomic E-state index is -3.78. The summed E-state index contributed by atoms with van der Waals surface area (Å²) < 4.78 is 63.9. The molecule has 1 aromatic heterocycles. The molecule has 2 saturated heterocycles. The maximum atomic E-state index is 13.8. The average molecular weight is 541 g/mol. The Morgan fingerprint density at radius 1 is 1.13 bits per heavy atom. The van der Waals surface area contributed by atoms with Crippen LogP contribution in [0.25, 0.3) is 11.8 Å². The van der Waals surface area contributed by atoms with Gasteiger partial charge in [-0.3, -0.25) is 0 Å². The van der Waals surface area contributed by atoms with E-state index in [-0.39, 0.29) is 23.8 Å². The van der Waals surface area contributed by atoms with Crippen LogP contribution < -0.4 is 4.90 Å². The molecule has 10 heteroatoms. The maximum absolute atomic E-state index is 13.8. The van der Waals surface area contributed by atoms with Gasteiger partial charge in [0.15, 0.2) is 0 Å². The van der Waals surface area contributed by atoms with Crippen LogP contribution in [0.1, 0.15) is 24.1 Å². The molecule has 3 aliphatic rings. The zero-order valence-corrected chi connectivity index (χ0v) is 22.0. The summed E-state index contributed by atoms with van der Waals surface area (Å²) in [5.41, 5.74) is 4.02. The number of nitrogens with zero attached hydrogens (tertiary/aromatic N) is 4. The normalized spacial score (nSPS) is 23.7. The number of ether oxygens (including phenoxy) is 1. The predicted molar refractivity (Wildman–Crippen MR) is 141 cm³/mol. The summed E-state index contributed by atoms with van der Waals surface area (Å²) in [7, 11) is -2.15. The van der Waals surface area contributed by atoms with E-state index in [4.69, 9.17) is 4.74 Å². The molecular formula is C28H30F2N4O3S. The second-order valence-corrected chi connectivity index (χ2v) is 12.4. The summed E-state index contributed by atoms with van der Waals surface area (Å²) in [4.78, 5) is 2.12. The molecule has 0 N–H and O–H groups in total. The Balaban J connectivity index is 1.30. The summed E-state index contributed by atoms with van der Waals surface area (Å²) in [5, 5.41) is 4.56. The Kier molecular flexibility index (Phi) is 6.36. The molecule has 200 valence electrons. The van der Waals surface area contributed by atoms with Crippen LogP contribution in [0.2, 0.25) is 0 Å². The van der Waals surface area contributed by atoms with Gasteiger partial charge in [-0.15, -0.1) is 0 Å². The first kappa shape index (κ1) is 25.2. The van der Waals surface area contributed by atoms with Crippen molar-refractivity contribution in [2.45, 2.75) is 30.3 Å². The lowest BCUT2D eigenvalue weighted by Crippen LogP contribution is -2.51. The lowest BCUT2D eigenvalue weighted by molar-refractivity contribution is 0.0733. The molecule has 38 heavy (non-hydrogen) atoms. The van der Waals surface area contributed by atoms with E-state index in [1.165, 1.54) is 12.1 Å². The molecule has 2 atom stereocenters. The van der Waals surface area contributed by atoms with Gasteiger partial charge in [0.1, 0.15) is 12.0 Å². The van der Waals surface area contributed by atoms with Crippen LogP contribution in [0.15, 0.2) is 65.2 Å². The Labute approximate surface area is 221 Å². The molecule has 2 aliphatic heterocycles. The van der Waals surface area contributed by atoms with Gasteiger partial charge < -0.3 is 9.64 Å². The van der Waals surface area contributed by atoms with Crippen molar-refractivity contribution in [3.63, 3.8) is 0 Å². The van der Waals surface area contributed by atoms with Crippen molar-refractivity contribution in [1.29, 1.82) is 0 Å². The maximum Gasteiger partial charge on any atom is 0.243 e. The highest BCUT2D eigenvalue weighted by Gasteiger charge is 2.46. The molecular weight excluding hydrogens is 510 g/mol. The standard InChI is InChI=1S/C28H30F2N4O3S/c1-37-19-28-15-20-16-31-34(24-7-5-22(29)6-8-24)27(20)13-21(28)9-12-33(18-28)38(35,36)26-4-2-3-25(14-26)32-11-10-23(30)17-32/h2-8,13-14,16,23H,9-12,15,17-19H2,1H3/t23-,28+/m0/s1. The van der Waals surface area contributed by atoms with Gasteiger partial charge >= 0.3 is 0 Å². The third kappa shape index (κ3) is 4.34. The molecule has 3 aromatic rings. The van der Waals surface area contributed by atoms with Crippen molar-refractivity contribution in [3.05, 3.63) is 77.4 Å². The third-order valence-corrected chi connectivity index (χ3v) is 9.80. The average Bonchev–Trinajstić information content (AvgIpc) is 3.53. The number of hydrogen-bond donors (Lipinski definition) is 0. The number of alkyl halides is 1. The monoisotopic (exact) mass is 540 g/mol. The number of hydrogen-bond acceptors (Lipinski definition) is 5. The Hall–Kier alpha value is -3.08. The van der Waals surface area contributed by atoms with Crippen LogP contribution in [0.3, 0.4) is 0 Å².